The molecule has 2 aromatic heterocycles. The molecule has 6 heteroatoms. The van der Waals surface area contributed by atoms with Crippen molar-refractivity contribution in [1.29, 1.82) is 0 Å². The van der Waals surface area contributed by atoms with E-state index in [4.69, 9.17) is 4.42 Å². The zero-order valence-corrected chi connectivity index (χ0v) is 5.58. The topological polar surface area (TPSA) is 64.7 Å². The molecular weight excluding hydrogens is 152 g/mol. The van der Waals surface area contributed by atoms with Gasteiger partial charge in [0.15, 0.2) is 0 Å². The Hall–Kier alpha value is -1.30. The Bertz CT molecular complexity index is 257. The summed E-state index contributed by atoms with van der Waals surface area (Å²) in [5, 5.41) is 7.66. The molecule has 0 radical (unpaired) electrons. The van der Waals surface area contributed by atoms with Crippen molar-refractivity contribution in [3.8, 4) is 10.9 Å². The highest BCUT2D eigenvalue weighted by Gasteiger charge is 2.05. The van der Waals surface area contributed by atoms with Crippen LogP contribution in [0.1, 0.15) is 0 Å². The molecule has 0 aliphatic rings. The number of aromatic nitrogens is 4. The van der Waals surface area contributed by atoms with Crippen LogP contribution in [0.15, 0.2) is 16.9 Å². The van der Waals surface area contributed by atoms with Gasteiger partial charge in [-0.3, -0.25) is 0 Å². The van der Waals surface area contributed by atoms with Crippen molar-refractivity contribution in [1.82, 2.24) is 19.8 Å². The molecule has 0 aliphatic carbocycles. The lowest BCUT2D eigenvalue weighted by Gasteiger charge is -1.78. The second kappa shape index (κ2) is 2.14. The van der Waals surface area contributed by atoms with Crippen molar-refractivity contribution >= 4 is 11.5 Å². The molecule has 0 saturated heterocycles. The summed E-state index contributed by atoms with van der Waals surface area (Å²) in [5.74, 6) is 0.468. The Labute approximate surface area is 59.9 Å². The molecule has 0 fully saturated rings. The van der Waals surface area contributed by atoms with Gasteiger partial charge in [0.2, 0.25) is 5.01 Å². The Morgan fingerprint density at radius 2 is 2.50 bits per heavy atom. The Kier molecular flexibility index (Phi) is 1.17. The lowest BCUT2D eigenvalue weighted by atomic mass is 10.7. The fraction of sp³-hybridized carbons (Fsp3) is 0. The molecule has 0 bridgehead atoms. The molecule has 10 heavy (non-hydrogen) atoms. The molecule has 0 atom stereocenters. The van der Waals surface area contributed by atoms with E-state index < -0.39 is 0 Å². The summed E-state index contributed by atoms with van der Waals surface area (Å²) < 4.78 is 8.49. The first kappa shape index (κ1) is 5.48. The van der Waals surface area contributed by atoms with E-state index in [0.29, 0.717) is 10.9 Å². The standard InChI is InChI=1S/C4H2N4OS/c1-2-9-3(5-1)4-6-7-8-10-4/h1-2H. The fourth-order valence-electron chi connectivity index (χ4n) is 0.545. The van der Waals surface area contributed by atoms with Crippen LogP contribution in [0.3, 0.4) is 0 Å². The zero-order valence-electron chi connectivity index (χ0n) is 4.76. The van der Waals surface area contributed by atoms with Gasteiger partial charge in [0.05, 0.1) is 6.20 Å². The molecule has 0 saturated carbocycles. The van der Waals surface area contributed by atoms with E-state index in [1.165, 1.54) is 6.26 Å². The molecule has 2 heterocycles. The van der Waals surface area contributed by atoms with Gasteiger partial charge in [0, 0.05) is 11.5 Å². The molecule has 0 amide bonds. The third kappa shape index (κ3) is 0.781. The predicted octanol–water partition coefficient (Wildman–Crippen LogP) is 0.588. The summed E-state index contributed by atoms with van der Waals surface area (Å²) in [7, 11) is 0. The van der Waals surface area contributed by atoms with E-state index in [-0.39, 0.29) is 0 Å². The van der Waals surface area contributed by atoms with Crippen LogP contribution < -0.4 is 0 Å². The highest BCUT2D eigenvalue weighted by Crippen LogP contribution is 2.14. The Morgan fingerprint density at radius 1 is 1.50 bits per heavy atom. The maximum atomic E-state index is 4.93. The lowest BCUT2D eigenvalue weighted by Crippen LogP contribution is -1.74. The summed E-state index contributed by atoms with van der Waals surface area (Å²) in [4.78, 5) is 3.86. The summed E-state index contributed by atoms with van der Waals surface area (Å²) in [5.41, 5.74) is 0. The van der Waals surface area contributed by atoms with Crippen LogP contribution in [0.25, 0.3) is 10.9 Å². The molecule has 5 nitrogen and oxygen atoms in total. The smallest absolute Gasteiger partial charge is 0.259 e. The van der Waals surface area contributed by atoms with Gasteiger partial charge < -0.3 is 4.42 Å². The molecule has 2 aromatic rings. The van der Waals surface area contributed by atoms with Gasteiger partial charge in [-0.25, -0.2) is 4.98 Å². The van der Waals surface area contributed by atoms with Crippen molar-refractivity contribution in [2.75, 3.05) is 0 Å². The number of rotatable bonds is 1. The van der Waals surface area contributed by atoms with Gasteiger partial charge in [-0.15, -0.1) is 5.10 Å². The normalized spacial score (nSPS) is 10.0. The van der Waals surface area contributed by atoms with Crippen LogP contribution >= 0.6 is 11.5 Å². The highest BCUT2D eigenvalue weighted by atomic mass is 32.1. The summed E-state index contributed by atoms with van der Waals surface area (Å²) in [6.45, 7) is 0. The van der Waals surface area contributed by atoms with Crippen molar-refractivity contribution in [3.63, 3.8) is 0 Å². The van der Waals surface area contributed by atoms with Crippen LogP contribution in [0.4, 0.5) is 0 Å². The Balaban J connectivity index is 2.48. The van der Waals surface area contributed by atoms with E-state index in [9.17, 15) is 0 Å². The monoisotopic (exact) mass is 154 g/mol. The summed E-state index contributed by atoms with van der Waals surface area (Å²) in [6.07, 6.45) is 3.04. The van der Waals surface area contributed by atoms with Gasteiger partial charge in [-0.05, 0) is 5.21 Å². The van der Waals surface area contributed by atoms with Crippen LogP contribution in [0.2, 0.25) is 0 Å². The van der Waals surface area contributed by atoms with Crippen LogP contribution in [-0.4, -0.2) is 19.8 Å². The first-order valence-electron chi connectivity index (χ1n) is 2.52. The average molecular weight is 154 g/mol. The predicted molar refractivity (Wildman–Crippen MR) is 33.2 cm³/mol. The zero-order chi connectivity index (χ0) is 6.81. The first-order chi connectivity index (χ1) is 4.97. The third-order valence-corrected chi connectivity index (χ3v) is 1.50. The van der Waals surface area contributed by atoms with Gasteiger partial charge in [0.1, 0.15) is 6.26 Å². The van der Waals surface area contributed by atoms with E-state index in [0.717, 1.165) is 11.5 Å². The highest BCUT2D eigenvalue weighted by molar-refractivity contribution is 7.08. The second-order valence-electron chi connectivity index (χ2n) is 1.50. The minimum absolute atomic E-state index is 0.468. The number of oxazole rings is 1. The van der Waals surface area contributed by atoms with Crippen LogP contribution in [-0.2, 0) is 0 Å². The molecule has 0 aliphatic heterocycles. The van der Waals surface area contributed by atoms with E-state index in [1.54, 1.807) is 6.20 Å². The quantitative estimate of drug-likeness (QED) is 0.601. The minimum atomic E-state index is 0.468. The fourth-order valence-corrected chi connectivity index (χ4v) is 0.947. The van der Waals surface area contributed by atoms with Gasteiger partial charge in [-0.2, -0.15) is 0 Å². The second-order valence-corrected chi connectivity index (χ2v) is 2.24. The minimum Gasteiger partial charge on any atom is -0.443 e. The van der Waals surface area contributed by atoms with Crippen LogP contribution in [0.5, 0.6) is 0 Å². The summed E-state index contributed by atoms with van der Waals surface area (Å²) in [6, 6.07) is 0. The van der Waals surface area contributed by atoms with Crippen molar-refractivity contribution in [2.24, 2.45) is 0 Å². The maximum Gasteiger partial charge on any atom is 0.259 e. The van der Waals surface area contributed by atoms with Crippen molar-refractivity contribution < 1.29 is 4.42 Å². The van der Waals surface area contributed by atoms with Crippen molar-refractivity contribution in [2.45, 2.75) is 0 Å². The number of nitrogens with zero attached hydrogens (tertiary/aromatic N) is 4. The van der Waals surface area contributed by atoms with Gasteiger partial charge in [0.25, 0.3) is 5.89 Å². The molecule has 0 unspecified atom stereocenters. The van der Waals surface area contributed by atoms with Crippen molar-refractivity contribution in [3.05, 3.63) is 12.5 Å². The molecular formula is C4H2N4OS. The molecule has 0 spiro atoms. The van der Waals surface area contributed by atoms with E-state index in [1.807, 2.05) is 0 Å². The van der Waals surface area contributed by atoms with Gasteiger partial charge >= 0.3 is 0 Å². The molecule has 2 rings (SSSR count). The SMILES string of the molecule is c1coc(-c2nnns2)n1. The molecule has 0 aromatic carbocycles. The van der Waals surface area contributed by atoms with E-state index >= 15 is 0 Å². The first-order valence-corrected chi connectivity index (χ1v) is 3.29. The third-order valence-electron chi connectivity index (χ3n) is 0.915. The lowest BCUT2D eigenvalue weighted by molar-refractivity contribution is 0.573. The number of hydrogen-bond acceptors (Lipinski definition) is 6. The summed E-state index contributed by atoms with van der Waals surface area (Å²) >= 11 is 1.15. The van der Waals surface area contributed by atoms with Crippen LogP contribution in [0, 0.1) is 0 Å². The number of hydrogen-bond donors (Lipinski definition) is 0. The Morgan fingerprint density at radius 3 is 3.10 bits per heavy atom. The average Bonchev–Trinajstić information content (AvgIpc) is 2.59. The molecule has 50 valence electrons. The van der Waals surface area contributed by atoms with Gasteiger partial charge in [-0.1, -0.05) is 4.49 Å². The largest absolute Gasteiger partial charge is 0.443 e. The maximum absolute atomic E-state index is 4.93. The molecule has 0 N–H and O–H groups in total. The van der Waals surface area contributed by atoms with E-state index in [2.05, 4.69) is 19.8 Å².